The van der Waals surface area contributed by atoms with E-state index in [1.54, 1.807) is 0 Å². The van der Waals surface area contributed by atoms with Gasteiger partial charge in [0.25, 0.3) is 0 Å². The molecular weight excluding hydrogens is 224 g/mol. The lowest BCUT2D eigenvalue weighted by atomic mass is 9.98. The first-order chi connectivity index (χ1) is 8.50. The predicted octanol–water partition coefficient (Wildman–Crippen LogP) is 2.48. The molecule has 1 amide bonds. The molecule has 1 rings (SSSR count). The number of hydrogen-bond donors (Lipinski definition) is 2. The fourth-order valence-corrected chi connectivity index (χ4v) is 1.60. The lowest BCUT2D eigenvalue weighted by molar-refractivity contribution is -0.121. The second-order valence-corrected chi connectivity index (χ2v) is 5.25. The highest BCUT2D eigenvalue weighted by Gasteiger charge is 2.13. The van der Waals surface area contributed by atoms with E-state index in [1.165, 1.54) is 0 Å². The largest absolute Gasteiger partial charge is 0.356 e. The van der Waals surface area contributed by atoms with Crippen molar-refractivity contribution in [3.8, 4) is 0 Å². The molecule has 0 radical (unpaired) electrons. The Labute approximate surface area is 110 Å². The molecule has 2 unspecified atom stereocenters. The third kappa shape index (κ3) is 4.88. The topological polar surface area (TPSA) is 55.1 Å². The number of rotatable bonds is 6. The zero-order chi connectivity index (χ0) is 13.5. The van der Waals surface area contributed by atoms with E-state index >= 15 is 0 Å². The van der Waals surface area contributed by atoms with Crippen molar-refractivity contribution in [2.75, 3.05) is 6.54 Å². The lowest BCUT2D eigenvalue weighted by Gasteiger charge is -2.17. The van der Waals surface area contributed by atoms with Crippen molar-refractivity contribution < 1.29 is 4.79 Å². The summed E-state index contributed by atoms with van der Waals surface area (Å²) in [6, 6.07) is 9.51. The standard InChI is InChI=1S/C15H24N2O/c1-11(2)12(3)10-17-15(18)9-14(16)13-7-5-4-6-8-13/h4-8,11-12,14H,9-10,16H2,1-3H3,(H,17,18). The molecule has 0 saturated carbocycles. The number of carbonyl (C=O) groups excluding carboxylic acids is 1. The van der Waals surface area contributed by atoms with Crippen LogP contribution in [0.1, 0.15) is 38.8 Å². The van der Waals surface area contributed by atoms with Crippen LogP contribution in [0, 0.1) is 11.8 Å². The van der Waals surface area contributed by atoms with Gasteiger partial charge in [0.2, 0.25) is 5.91 Å². The van der Waals surface area contributed by atoms with Gasteiger partial charge in [0.05, 0.1) is 0 Å². The number of carbonyl (C=O) groups is 1. The first-order valence-electron chi connectivity index (χ1n) is 6.58. The zero-order valence-corrected chi connectivity index (χ0v) is 11.5. The fourth-order valence-electron chi connectivity index (χ4n) is 1.60. The van der Waals surface area contributed by atoms with Gasteiger partial charge in [0.1, 0.15) is 0 Å². The van der Waals surface area contributed by atoms with Gasteiger partial charge in [-0.05, 0) is 17.4 Å². The summed E-state index contributed by atoms with van der Waals surface area (Å²) in [5, 5.41) is 2.95. The van der Waals surface area contributed by atoms with E-state index in [2.05, 4.69) is 26.1 Å². The van der Waals surface area contributed by atoms with Crippen LogP contribution in [0.25, 0.3) is 0 Å². The maximum absolute atomic E-state index is 11.8. The van der Waals surface area contributed by atoms with Gasteiger partial charge < -0.3 is 11.1 Å². The Morgan fingerprint density at radius 2 is 1.83 bits per heavy atom. The minimum Gasteiger partial charge on any atom is -0.356 e. The van der Waals surface area contributed by atoms with E-state index in [0.717, 1.165) is 12.1 Å². The van der Waals surface area contributed by atoms with Crippen LogP contribution in [-0.4, -0.2) is 12.5 Å². The van der Waals surface area contributed by atoms with Gasteiger partial charge in [0, 0.05) is 19.0 Å². The molecule has 3 N–H and O–H groups in total. The van der Waals surface area contributed by atoms with Gasteiger partial charge in [-0.1, -0.05) is 51.1 Å². The summed E-state index contributed by atoms with van der Waals surface area (Å²) in [6.07, 6.45) is 0.342. The van der Waals surface area contributed by atoms with Crippen LogP contribution in [-0.2, 0) is 4.79 Å². The molecule has 100 valence electrons. The maximum atomic E-state index is 11.8. The van der Waals surface area contributed by atoms with Crippen LogP contribution in [0.5, 0.6) is 0 Å². The normalized spacial score (nSPS) is 14.3. The van der Waals surface area contributed by atoms with Crippen LogP contribution in [0.3, 0.4) is 0 Å². The zero-order valence-electron chi connectivity index (χ0n) is 11.5. The molecule has 3 heteroatoms. The van der Waals surface area contributed by atoms with Crippen molar-refractivity contribution in [3.63, 3.8) is 0 Å². The van der Waals surface area contributed by atoms with E-state index in [4.69, 9.17) is 5.73 Å². The molecule has 0 aliphatic carbocycles. The number of nitrogens with one attached hydrogen (secondary N) is 1. The molecule has 1 aromatic rings. The molecule has 0 aromatic heterocycles. The fraction of sp³-hybridized carbons (Fsp3) is 0.533. The van der Waals surface area contributed by atoms with E-state index in [0.29, 0.717) is 18.3 Å². The highest BCUT2D eigenvalue weighted by Crippen LogP contribution is 2.13. The SMILES string of the molecule is CC(C)C(C)CNC(=O)CC(N)c1ccccc1. The minimum absolute atomic E-state index is 0.0267. The Balaban J connectivity index is 2.37. The van der Waals surface area contributed by atoms with Crippen molar-refractivity contribution in [1.82, 2.24) is 5.32 Å². The second kappa shape index (κ2) is 7.17. The molecule has 0 saturated heterocycles. The third-order valence-electron chi connectivity index (χ3n) is 3.39. The van der Waals surface area contributed by atoms with Crippen LogP contribution in [0.15, 0.2) is 30.3 Å². The lowest BCUT2D eigenvalue weighted by Crippen LogP contribution is -2.32. The maximum Gasteiger partial charge on any atom is 0.221 e. The Morgan fingerprint density at radius 1 is 1.22 bits per heavy atom. The summed E-state index contributed by atoms with van der Waals surface area (Å²) in [5.41, 5.74) is 7.01. The van der Waals surface area contributed by atoms with Gasteiger partial charge in [-0.3, -0.25) is 4.79 Å². The van der Waals surface area contributed by atoms with E-state index < -0.39 is 0 Å². The molecule has 0 heterocycles. The van der Waals surface area contributed by atoms with Crippen LogP contribution < -0.4 is 11.1 Å². The van der Waals surface area contributed by atoms with Crippen LogP contribution in [0.2, 0.25) is 0 Å². The minimum atomic E-state index is -0.222. The monoisotopic (exact) mass is 248 g/mol. The summed E-state index contributed by atoms with van der Waals surface area (Å²) in [4.78, 5) is 11.8. The van der Waals surface area contributed by atoms with Gasteiger partial charge in [-0.2, -0.15) is 0 Å². The average molecular weight is 248 g/mol. The Bertz CT molecular complexity index is 362. The van der Waals surface area contributed by atoms with Crippen molar-refractivity contribution in [2.45, 2.75) is 33.2 Å². The molecule has 18 heavy (non-hydrogen) atoms. The van der Waals surface area contributed by atoms with E-state index in [-0.39, 0.29) is 11.9 Å². The molecule has 0 spiro atoms. The molecule has 0 aliphatic rings. The molecule has 0 aliphatic heterocycles. The summed E-state index contributed by atoms with van der Waals surface area (Å²) < 4.78 is 0. The molecule has 0 bridgehead atoms. The Hall–Kier alpha value is -1.35. The Kier molecular flexibility index (Phi) is 5.86. The predicted molar refractivity (Wildman–Crippen MR) is 75.0 cm³/mol. The second-order valence-electron chi connectivity index (χ2n) is 5.25. The molecule has 2 atom stereocenters. The Morgan fingerprint density at radius 3 is 2.39 bits per heavy atom. The number of amides is 1. The van der Waals surface area contributed by atoms with Gasteiger partial charge >= 0.3 is 0 Å². The van der Waals surface area contributed by atoms with Crippen molar-refractivity contribution in [3.05, 3.63) is 35.9 Å². The third-order valence-corrected chi connectivity index (χ3v) is 3.39. The highest BCUT2D eigenvalue weighted by atomic mass is 16.1. The summed E-state index contributed by atoms with van der Waals surface area (Å²) in [6.45, 7) is 7.18. The van der Waals surface area contributed by atoms with E-state index in [1.807, 2.05) is 30.3 Å². The van der Waals surface area contributed by atoms with Gasteiger partial charge in [0.15, 0.2) is 0 Å². The van der Waals surface area contributed by atoms with Crippen molar-refractivity contribution in [2.24, 2.45) is 17.6 Å². The van der Waals surface area contributed by atoms with Crippen molar-refractivity contribution >= 4 is 5.91 Å². The summed E-state index contributed by atoms with van der Waals surface area (Å²) in [7, 11) is 0. The molecule has 0 fully saturated rings. The molecular formula is C15H24N2O. The average Bonchev–Trinajstić information content (AvgIpc) is 2.36. The first kappa shape index (κ1) is 14.7. The van der Waals surface area contributed by atoms with Gasteiger partial charge in [-0.15, -0.1) is 0 Å². The first-order valence-corrected chi connectivity index (χ1v) is 6.58. The summed E-state index contributed by atoms with van der Waals surface area (Å²) in [5.74, 6) is 1.09. The quantitative estimate of drug-likeness (QED) is 0.812. The van der Waals surface area contributed by atoms with Gasteiger partial charge in [-0.25, -0.2) is 0 Å². The molecule has 3 nitrogen and oxygen atoms in total. The van der Waals surface area contributed by atoms with E-state index in [9.17, 15) is 4.79 Å². The van der Waals surface area contributed by atoms with Crippen LogP contribution >= 0.6 is 0 Å². The smallest absolute Gasteiger partial charge is 0.221 e. The number of hydrogen-bond acceptors (Lipinski definition) is 2. The number of nitrogens with two attached hydrogens (primary N) is 1. The van der Waals surface area contributed by atoms with Crippen LogP contribution in [0.4, 0.5) is 0 Å². The highest BCUT2D eigenvalue weighted by molar-refractivity contribution is 5.76. The summed E-state index contributed by atoms with van der Waals surface area (Å²) >= 11 is 0. The molecule has 1 aromatic carbocycles. The number of benzene rings is 1. The van der Waals surface area contributed by atoms with Crippen molar-refractivity contribution in [1.29, 1.82) is 0 Å².